The average Bonchev–Trinajstić information content (AvgIpc) is 3.09. The summed E-state index contributed by atoms with van der Waals surface area (Å²) in [7, 11) is 0. The van der Waals surface area contributed by atoms with Gasteiger partial charge in [-0.3, -0.25) is 4.99 Å². The van der Waals surface area contributed by atoms with Crippen molar-refractivity contribution < 1.29 is 9.90 Å². The van der Waals surface area contributed by atoms with E-state index in [4.69, 9.17) is 5.11 Å². The quantitative estimate of drug-likeness (QED) is 0.665. The van der Waals surface area contributed by atoms with Gasteiger partial charge in [0.2, 0.25) is 0 Å². The van der Waals surface area contributed by atoms with Gasteiger partial charge in [-0.1, -0.05) is 32.0 Å². The highest BCUT2D eigenvalue weighted by Gasteiger charge is 2.06. The maximum atomic E-state index is 11.2. The standard InChI is InChI=1S/C21H20N2O2/c1-15(2)16-8-10-18(11-9-16)22-14-20-7-4-12-23(20)19-6-3-5-17(13-19)21(24)25/h3-15H,1-2H3,(H,24,25). The Kier molecular flexibility index (Phi) is 4.80. The number of aliphatic imine (C=N–C) groups is 1. The molecule has 0 unspecified atom stereocenters. The predicted molar refractivity (Wildman–Crippen MR) is 101 cm³/mol. The maximum Gasteiger partial charge on any atom is 0.335 e. The number of hydrogen-bond acceptors (Lipinski definition) is 2. The van der Waals surface area contributed by atoms with Gasteiger partial charge in [0.15, 0.2) is 0 Å². The van der Waals surface area contributed by atoms with Crippen molar-refractivity contribution in [1.29, 1.82) is 0 Å². The lowest BCUT2D eigenvalue weighted by atomic mass is 10.0. The molecule has 0 saturated heterocycles. The number of nitrogens with zero attached hydrogens (tertiary/aromatic N) is 2. The Hall–Kier alpha value is -3.14. The molecule has 0 bridgehead atoms. The predicted octanol–water partition coefficient (Wildman–Crippen LogP) is 5.05. The van der Waals surface area contributed by atoms with E-state index in [2.05, 4.69) is 31.0 Å². The fourth-order valence-electron chi connectivity index (χ4n) is 2.61. The molecule has 3 aromatic rings. The minimum atomic E-state index is -0.936. The van der Waals surface area contributed by atoms with E-state index in [0.717, 1.165) is 17.1 Å². The van der Waals surface area contributed by atoms with Crippen LogP contribution >= 0.6 is 0 Å². The number of aromatic nitrogens is 1. The van der Waals surface area contributed by atoms with Crippen molar-refractivity contribution in [3.8, 4) is 5.69 Å². The Bertz CT molecular complexity index is 906. The third-order valence-corrected chi connectivity index (χ3v) is 4.06. The number of rotatable bonds is 5. The number of carboxylic acids is 1. The zero-order valence-corrected chi connectivity index (χ0v) is 14.3. The molecule has 126 valence electrons. The summed E-state index contributed by atoms with van der Waals surface area (Å²) in [5.74, 6) is -0.439. The first-order valence-corrected chi connectivity index (χ1v) is 8.20. The van der Waals surface area contributed by atoms with Crippen molar-refractivity contribution in [1.82, 2.24) is 4.57 Å². The summed E-state index contributed by atoms with van der Waals surface area (Å²) in [6.45, 7) is 4.33. The fraction of sp³-hybridized carbons (Fsp3) is 0.143. The second-order valence-electron chi connectivity index (χ2n) is 6.16. The lowest BCUT2D eigenvalue weighted by molar-refractivity contribution is 0.0697. The summed E-state index contributed by atoms with van der Waals surface area (Å²) in [5.41, 5.74) is 4.11. The largest absolute Gasteiger partial charge is 0.478 e. The first-order chi connectivity index (χ1) is 12.0. The van der Waals surface area contributed by atoms with Gasteiger partial charge in [0, 0.05) is 11.9 Å². The van der Waals surface area contributed by atoms with Gasteiger partial charge in [0.1, 0.15) is 0 Å². The van der Waals surface area contributed by atoms with Crippen molar-refractivity contribution in [2.24, 2.45) is 4.99 Å². The molecule has 4 heteroatoms. The molecule has 0 amide bonds. The van der Waals surface area contributed by atoms with Gasteiger partial charge in [-0.2, -0.15) is 0 Å². The lowest BCUT2D eigenvalue weighted by Gasteiger charge is -2.07. The molecule has 0 aliphatic heterocycles. The molecule has 0 fully saturated rings. The van der Waals surface area contributed by atoms with Gasteiger partial charge >= 0.3 is 5.97 Å². The van der Waals surface area contributed by atoms with Gasteiger partial charge in [-0.05, 0) is 53.9 Å². The highest BCUT2D eigenvalue weighted by atomic mass is 16.4. The number of hydrogen-bond donors (Lipinski definition) is 1. The summed E-state index contributed by atoms with van der Waals surface area (Å²) in [6, 6.07) is 18.9. The molecule has 0 aliphatic carbocycles. The lowest BCUT2D eigenvalue weighted by Crippen LogP contribution is -2.01. The van der Waals surface area contributed by atoms with Crippen LogP contribution in [0.4, 0.5) is 5.69 Å². The van der Waals surface area contributed by atoms with Crippen LogP contribution in [0, 0.1) is 0 Å². The molecule has 0 aliphatic rings. The van der Waals surface area contributed by atoms with Gasteiger partial charge in [0.25, 0.3) is 0 Å². The van der Waals surface area contributed by atoms with Crippen LogP contribution in [0.1, 0.15) is 41.4 Å². The van der Waals surface area contributed by atoms with E-state index in [0.29, 0.717) is 5.92 Å². The zero-order chi connectivity index (χ0) is 17.8. The molecule has 4 nitrogen and oxygen atoms in total. The third-order valence-electron chi connectivity index (χ3n) is 4.06. The first-order valence-electron chi connectivity index (χ1n) is 8.20. The van der Waals surface area contributed by atoms with E-state index in [9.17, 15) is 4.79 Å². The topological polar surface area (TPSA) is 54.6 Å². The Balaban J connectivity index is 1.87. The van der Waals surface area contributed by atoms with Crippen LogP contribution in [-0.4, -0.2) is 21.9 Å². The molecule has 0 radical (unpaired) electrons. The van der Waals surface area contributed by atoms with Crippen molar-refractivity contribution >= 4 is 17.9 Å². The highest BCUT2D eigenvalue weighted by molar-refractivity contribution is 5.88. The monoisotopic (exact) mass is 332 g/mol. The van der Waals surface area contributed by atoms with Crippen LogP contribution in [0.25, 0.3) is 5.69 Å². The number of aromatic carboxylic acids is 1. The molecule has 1 N–H and O–H groups in total. The summed E-state index contributed by atoms with van der Waals surface area (Å²) in [5, 5.41) is 9.15. The number of benzene rings is 2. The van der Waals surface area contributed by atoms with Gasteiger partial charge < -0.3 is 9.67 Å². The summed E-state index contributed by atoms with van der Waals surface area (Å²) < 4.78 is 1.92. The Morgan fingerprint density at radius 3 is 2.52 bits per heavy atom. The van der Waals surface area contributed by atoms with Gasteiger partial charge in [-0.25, -0.2) is 4.79 Å². The molecular formula is C21H20N2O2. The molecule has 2 aromatic carbocycles. The molecule has 1 heterocycles. The van der Waals surface area contributed by atoms with E-state index in [1.165, 1.54) is 5.56 Å². The highest BCUT2D eigenvalue weighted by Crippen LogP contribution is 2.19. The molecule has 0 spiro atoms. The molecule has 3 rings (SSSR count). The van der Waals surface area contributed by atoms with E-state index < -0.39 is 5.97 Å². The second kappa shape index (κ2) is 7.18. The molecular weight excluding hydrogens is 312 g/mol. The summed E-state index contributed by atoms with van der Waals surface area (Å²) >= 11 is 0. The molecule has 1 aromatic heterocycles. The van der Waals surface area contributed by atoms with Crippen LogP contribution in [0.15, 0.2) is 71.9 Å². The van der Waals surface area contributed by atoms with Crippen LogP contribution in [-0.2, 0) is 0 Å². The SMILES string of the molecule is CC(C)c1ccc(N=Cc2cccn2-c2cccc(C(=O)O)c2)cc1. The average molecular weight is 332 g/mol. The molecule has 0 atom stereocenters. The van der Waals surface area contributed by atoms with Crippen LogP contribution < -0.4 is 0 Å². The Morgan fingerprint density at radius 1 is 1.08 bits per heavy atom. The first kappa shape index (κ1) is 16.7. The van der Waals surface area contributed by atoms with Gasteiger partial charge in [0.05, 0.1) is 23.2 Å². The zero-order valence-electron chi connectivity index (χ0n) is 14.3. The van der Waals surface area contributed by atoms with E-state index in [1.807, 2.05) is 41.1 Å². The number of carbonyl (C=O) groups is 1. The van der Waals surface area contributed by atoms with Crippen molar-refractivity contribution in [3.63, 3.8) is 0 Å². The van der Waals surface area contributed by atoms with Crippen molar-refractivity contribution in [2.45, 2.75) is 19.8 Å². The minimum absolute atomic E-state index is 0.262. The van der Waals surface area contributed by atoms with E-state index >= 15 is 0 Å². The summed E-state index contributed by atoms with van der Waals surface area (Å²) in [4.78, 5) is 15.7. The van der Waals surface area contributed by atoms with Crippen molar-refractivity contribution in [3.05, 3.63) is 83.7 Å². The second-order valence-corrected chi connectivity index (χ2v) is 6.16. The maximum absolute atomic E-state index is 11.2. The van der Waals surface area contributed by atoms with Gasteiger partial charge in [-0.15, -0.1) is 0 Å². The van der Waals surface area contributed by atoms with Crippen LogP contribution in [0.2, 0.25) is 0 Å². The smallest absolute Gasteiger partial charge is 0.335 e. The van der Waals surface area contributed by atoms with Crippen LogP contribution in [0.3, 0.4) is 0 Å². The molecule has 0 saturated carbocycles. The Labute approximate surface area is 147 Å². The van der Waals surface area contributed by atoms with Crippen LogP contribution in [0.5, 0.6) is 0 Å². The fourth-order valence-corrected chi connectivity index (χ4v) is 2.61. The summed E-state index contributed by atoms with van der Waals surface area (Å²) in [6.07, 6.45) is 3.68. The third kappa shape index (κ3) is 3.86. The molecule has 25 heavy (non-hydrogen) atoms. The van der Waals surface area contributed by atoms with Crippen molar-refractivity contribution in [2.75, 3.05) is 0 Å². The normalized spacial score (nSPS) is 11.3. The Morgan fingerprint density at radius 2 is 1.84 bits per heavy atom. The van der Waals surface area contributed by atoms with E-state index in [1.54, 1.807) is 24.4 Å². The minimum Gasteiger partial charge on any atom is -0.478 e. The number of carboxylic acid groups (broad SMARTS) is 1. The van der Waals surface area contributed by atoms with E-state index in [-0.39, 0.29) is 5.56 Å².